The van der Waals surface area contributed by atoms with Crippen molar-refractivity contribution in [1.82, 2.24) is 4.98 Å². The van der Waals surface area contributed by atoms with Crippen molar-refractivity contribution >= 4 is 28.3 Å². The standard InChI is InChI=1S/C17H18N2O3S/c20-15(12-8-4-5-9-13(12)16(21)22)19-17-18-14(10-23-17)11-6-2-1-3-7-11/h1-3,6-7,10,12-13H,4-5,8-9H2,(H,21,22)(H,18,19,20)/t12-,13+/m0/s1. The van der Waals surface area contributed by atoms with Crippen LogP contribution in [0.5, 0.6) is 0 Å². The summed E-state index contributed by atoms with van der Waals surface area (Å²) < 4.78 is 0. The molecule has 1 aromatic carbocycles. The molecule has 5 nitrogen and oxygen atoms in total. The van der Waals surface area contributed by atoms with Crippen molar-refractivity contribution in [2.24, 2.45) is 11.8 Å². The average Bonchev–Trinajstić information content (AvgIpc) is 3.04. The molecular formula is C17H18N2O3S. The largest absolute Gasteiger partial charge is 0.481 e. The Labute approximate surface area is 138 Å². The van der Waals surface area contributed by atoms with Crippen molar-refractivity contribution < 1.29 is 14.7 Å². The van der Waals surface area contributed by atoms with Crippen molar-refractivity contribution in [2.45, 2.75) is 25.7 Å². The Balaban J connectivity index is 1.70. The first-order valence-corrected chi connectivity index (χ1v) is 8.58. The number of carboxylic acids is 1. The number of hydrogen-bond donors (Lipinski definition) is 2. The van der Waals surface area contributed by atoms with E-state index in [-0.39, 0.29) is 5.91 Å². The fourth-order valence-corrected chi connectivity index (χ4v) is 3.73. The number of nitrogens with one attached hydrogen (secondary N) is 1. The maximum absolute atomic E-state index is 12.4. The van der Waals surface area contributed by atoms with E-state index in [9.17, 15) is 14.7 Å². The molecule has 2 aromatic rings. The van der Waals surface area contributed by atoms with Crippen molar-refractivity contribution in [1.29, 1.82) is 0 Å². The molecule has 0 bridgehead atoms. The highest BCUT2D eigenvalue weighted by Crippen LogP contribution is 2.32. The van der Waals surface area contributed by atoms with Crippen molar-refractivity contribution in [3.8, 4) is 11.3 Å². The number of amides is 1. The van der Waals surface area contributed by atoms with Gasteiger partial charge in [-0.2, -0.15) is 0 Å². The third-order valence-electron chi connectivity index (χ3n) is 4.22. The lowest BCUT2D eigenvalue weighted by atomic mass is 9.79. The van der Waals surface area contributed by atoms with Crippen LogP contribution in [0.25, 0.3) is 11.3 Å². The molecule has 0 unspecified atom stereocenters. The Morgan fingerprint density at radius 2 is 1.83 bits per heavy atom. The Hall–Kier alpha value is -2.21. The molecule has 1 aliphatic rings. The number of thiazole rings is 1. The van der Waals surface area contributed by atoms with Gasteiger partial charge in [-0.15, -0.1) is 11.3 Å². The summed E-state index contributed by atoms with van der Waals surface area (Å²) in [4.78, 5) is 28.2. The Morgan fingerprint density at radius 3 is 2.52 bits per heavy atom. The predicted octanol–water partition coefficient (Wildman–Crippen LogP) is 3.64. The molecule has 1 saturated carbocycles. The second-order valence-corrected chi connectivity index (χ2v) is 6.59. The molecular weight excluding hydrogens is 312 g/mol. The summed E-state index contributed by atoms with van der Waals surface area (Å²) in [5.41, 5.74) is 1.80. The molecule has 23 heavy (non-hydrogen) atoms. The van der Waals surface area contributed by atoms with Crippen molar-refractivity contribution in [3.63, 3.8) is 0 Å². The van der Waals surface area contributed by atoms with E-state index in [2.05, 4.69) is 10.3 Å². The van der Waals surface area contributed by atoms with Gasteiger partial charge < -0.3 is 10.4 Å². The molecule has 1 aromatic heterocycles. The van der Waals surface area contributed by atoms with Gasteiger partial charge in [0, 0.05) is 10.9 Å². The molecule has 1 aliphatic carbocycles. The maximum Gasteiger partial charge on any atom is 0.307 e. The summed E-state index contributed by atoms with van der Waals surface area (Å²) >= 11 is 1.36. The third kappa shape index (κ3) is 3.59. The first kappa shape index (κ1) is 15.7. The lowest BCUT2D eigenvalue weighted by Crippen LogP contribution is -2.36. The number of carboxylic acid groups (broad SMARTS) is 1. The van der Waals surface area contributed by atoms with E-state index in [4.69, 9.17) is 0 Å². The van der Waals surface area contributed by atoms with Gasteiger partial charge in [-0.05, 0) is 12.8 Å². The van der Waals surface area contributed by atoms with Crippen LogP contribution in [-0.2, 0) is 9.59 Å². The lowest BCUT2D eigenvalue weighted by Gasteiger charge is -2.26. The molecule has 6 heteroatoms. The monoisotopic (exact) mass is 330 g/mol. The second-order valence-electron chi connectivity index (χ2n) is 5.73. The maximum atomic E-state index is 12.4. The van der Waals surface area contributed by atoms with Gasteiger partial charge in [0.25, 0.3) is 0 Å². The van der Waals surface area contributed by atoms with Gasteiger partial charge in [0.15, 0.2) is 5.13 Å². The average molecular weight is 330 g/mol. The number of hydrogen-bond acceptors (Lipinski definition) is 4. The third-order valence-corrected chi connectivity index (χ3v) is 4.98. The normalized spacial score (nSPS) is 20.9. The van der Waals surface area contributed by atoms with E-state index in [0.717, 1.165) is 24.1 Å². The molecule has 0 spiro atoms. The van der Waals surface area contributed by atoms with Gasteiger partial charge in [-0.1, -0.05) is 43.2 Å². The summed E-state index contributed by atoms with van der Waals surface area (Å²) in [7, 11) is 0. The number of nitrogens with zero attached hydrogens (tertiary/aromatic N) is 1. The van der Waals surface area contributed by atoms with Gasteiger partial charge in [0.2, 0.25) is 5.91 Å². The van der Waals surface area contributed by atoms with Crippen LogP contribution in [0.2, 0.25) is 0 Å². The summed E-state index contributed by atoms with van der Waals surface area (Å²) in [6.45, 7) is 0. The Kier molecular flexibility index (Phi) is 4.71. The van der Waals surface area contributed by atoms with E-state index < -0.39 is 17.8 Å². The van der Waals surface area contributed by atoms with E-state index in [1.165, 1.54) is 11.3 Å². The smallest absolute Gasteiger partial charge is 0.307 e. The number of aromatic nitrogens is 1. The molecule has 2 atom stereocenters. The van der Waals surface area contributed by atoms with E-state index in [0.29, 0.717) is 18.0 Å². The van der Waals surface area contributed by atoms with Crippen LogP contribution >= 0.6 is 11.3 Å². The summed E-state index contributed by atoms with van der Waals surface area (Å²) in [6.07, 6.45) is 2.96. The van der Waals surface area contributed by atoms with Gasteiger partial charge in [0.05, 0.1) is 17.5 Å². The highest BCUT2D eigenvalue weighted by molar-refractivity contribution is 7.14. The van der Waals surface area contributed by atoms with E-state index in [1.54, 1.807) is 0 Å². The van der Waals surface area contributed by atoms with Crippen LogP contribution in [0, 0.1) is 11.8 Å². The number of carbonyl (C=O) groups is 2. The highest BCUT2D eigenvalue weighted by atomic mass is 32.1. The van der Waals surface area contributed by atoms with Crippen LogP contribution in [0.1, 0.15) is 25.7 Å². The zero-order chi connectivity index (χ0) is 16.2. The summed E-state index contributed by atoms with van der Waals surface area (Å²) in [5, 5.41) is 14.5. The molecule has 3 rings (SSSR count). The fourth-order valence-electron chi connectivity index (χ4n) is 3.01. The van der Waals surface area contributed by atoms with Crippen LogP contribution in [0.3, 0.4) is 0 Å². The van der Waals surface area contributed by atoms with Gasteiger partial charge in [0.1, 0.15) is 0 Å². The van der Waals surface area contributed by atoms with Gasteiger partial charge >= 0.3 is 5.97 Å². The van der Waals surface area contributed by atoms with Gasteiger partial charge in [-0.3, -0.25) is 9.59 Å². The fraction of sp³-hybridized carbons (Fsp3) is 0.353. The minimum Gasteiger partial charge on any atom is -0.481 e. The lowest BCUT2D eigenvalue weighted by molar-refractivity contribution is -0.147. The van der Waals surface area contributed by atoms with Crippen LogP contribution in [0.15, 0.2) is 35.7 Å². The predicted molar refractivity (Wildman–Crippen MR) is 89.3 cm³/mol. The molecule has 0 radical (unpaired) electrons. The van der Waals surface area contributed by atoms with Gasteiger partial charge in [-0.25, -0.2) is 4.98 Å². The molecule has 2 N–H and O–H groups in total. The number of rotatable bonds is 4. The molecule has 0 aliphatic heterocycles. The number of carbonyl (C=O) groups excluding carboxylic acids is 1. The number of aliphatic carboxylic acids is 1. The first-order chi connectivity index (χ1) is 11.1. The molecule has 1 heterocycles. The Bertz CT molecular complexity index is 699. The summed E-state index contributed by atoms with van der Waals surface area (Å²) in [6, 6.07) is 9.73. The summed E-state index contributed by atoms with van der Waals surface area (Å²) in [5.74, 6) is -2.16. The SMILES string of the molecule is O=C(Nc1nc(-c2ccccc2)cs1)[C@H]1CCCC[C@H]1C(=O)O. The van der Waals surface area contributed by atoms with Crippen molar-refractivity contribution in [3.05, 3.63) is 35.7 Å². The second kappa shape index (κ2) is 6.91. The molecule has 1 amide bonds. The van der Waals surface area contributed by atoms with Crippen LogP contribution < -0.4 is 5.32 Å². The van der Waals surface area contributed by atoms with E-state index in [1.807, 2.05) is 35.7 Å². The quantitative estimate of drug-likeness (QED) is 0.897. The molecule has 0 saturated heterocycles. The number of anilines is 1. The zero-order valence-corrected chi connectivity index (χ0v) is 13.4. The first-order valence-electron chi connectivity index (χ1n) is 7.70. The molecule has 120 valence electrons. The van der Waals surface area contributed by atoms with E-state index >= 15 is 0 Å². The van der Waals surface area contributed by atoms with Crippen LogP contribution in [-0.4, -0.2) is 22.0 Å². The number of benzene rings is 1. The van der Waals surface area contributed by atoms with Crippen molar-refractivity contribution in [2.75, 3.05) is 5.32 Å². The van der Waals surface area contributed by atoms with Crippen LogP contribution in [0.4, 0.5) is 5.13 Å². The molecule has 1 fully saturated rings. The zero-order valence-electron chi connectivity index (χ0n) is 12.6. The minimum absolute atomic E-state index is 0.230. The highest BCUT2D eigenvalue weighted by Gasteiger charge is 2.35. The minimum atomic E-state index is -0.881. The topological polar surface area (TPSA) is 79.3 Å². The Morgan fingerprint density at radius 1 is 1.13 bits per heavy atom.